The van der Waals surface area contributed by atoms with Crippen LogP contribution in [0.15, 0.2) is 18.2 Å². The number of aliphatic carboxylic acids is 1. The van der Waals surface area contributed by atoms with E-state index in [1.807, 2.05) is 6.07 Å². The van der Waals surface area contributed by atoms with E-state index in [9.17, 15) is 9.18 Å². The Bertz CT molecular complexity index is 472. The van der Waals surface area contributed by atoms with Crippen molar-refractivity contribution in [2.45, 2.75) is 18.3 Å². The van der Waals surface area contributed by atoms with E-state index in [1.165, 1.54) is 12.1 Å². The fourth-order valence-corrected chi connectivity index (χ4v) is 1.68. The van der Waals surface area contributed by atoms with E-state index < -0.39 is 17.2 Å². The van der Waals surface area contributed by atoms with Crippen molar-refractivity contribution in [3.63, 3.8) is 0 Å². The van der Waals surface area contributed by atoms with Crippen molar-refractivity contribution >= 4 is 5.97 Å². The Morgan fingerprint density at radius 2 is 2.20 bits per heavy atom. The highest BCUT2D eigenvalue weighted by Crippen LogP contribution is 2.49. The van der Waals surface area contributed by atoms with Crippen molar-refractivity contribution in [3.8, 4) is 6.07 Å². The van der Waals surface area contributed by atoms with E-state index in [1.54, 1.807) is 0 Å². The van der Waals surface area contributed by atoms with Crippen molar-refractivity contribution in [1.29, 1.82) is 5.26 Å². The number of carboxylic acid groups (broad SMARTS) is 1. The smallest absolute Gasteiger partial charge is 0.314 e. The van der Waals surface area contributed by atoms with Gasteiger partial charge in [-0.05, 0) is 31.0 Å². The van der Waals surface area contributed by atoms with E-state index in [2.05, 4.69) is 0 Å². The minimum absolute atomic E-state index is 0.133. The molecule has 1 fully saturated rings. The van der Waals surface area contributed by atoms with Crippen LogP contribution in [-0.4, -0.2) is 11.1 Å². The minimum Gasteiger partial charge on any atom is -0.481 e. The number of halogens is 1. The van der Waals surface area contributed by atoms with Gasteiger partial charge in [-0.3, -0.25) is 4.79 Å². The third-order valence-corrected chi connectivity index (χ3v) is 2.77. The Balaban J connectivity index is 2.53. The van der Waals surface area contributed by atoms with Crippen LogP contribution in [0.4, 0.5) is 4.39 Å². The number of hydrogen-bond acceptors (Lipinski definition) is 2. The second-order valence-corrected chi connectivity index (χ2v) is 3.69. The number of nitriles is 1. The lowest BCUT2D eigenvalue weighted by Gasteiger charge is -2.11. The summed E-state index contributed by atoms with van der Waals surface area (Å²) in [6.07, 6.45) is 0.877. The molecule has 0 heterocycles. The summed E-state index contributed by atoms with van der Waals surface area (Å²) in [5.74, 6) is -1.56. The SMILES string of the molecule is N#Cc1ccc(F)c(C2(C(=O)O)CC2)c1. The maximum atomic E-state index is 13.4. The molecule has 1 aromatic rings. The topological polar surface area (TPSA) is 61.1 Å². The zero-order valence-electron chi connectivity index (χ0n) is 7.83. The van der Waals surface area contributed by atoms with Gasteiger partial charge in [0.1, 0.15) is 5.82 Å². The van der Waals surface area contributed by atoms with Crippen LogP contribution in [0.5, 0.6) is 0 Å². The Morgan fingerprint density at radius 3 is 2.67 bits per heavy atom. The number of carbonyl (C=O) groups is 1. The van der Waals surface area contributed by atoms with Crippen LogP contribution in [0.25, 0.3) is 0 Å². The molecule has 1 aliphatic carbocycles. The van der Waals surface area contributed by atoms with Crippen LogP contribution in [-0.2, 0) is 10.2 Å². The lowest BCUT2D eigenvalue weighted by Crippen LogP contribution is -2.21. The molecule has 0 radical (unpaired) electrons. The normalized spacial score (nSPS) is 16.8. The number of rotatable bonds is 2. The molecule has 1 aliphatic rings. The summed E-state index contributed by atoms with van der Waals surface area (Å²) in [6.45, 7) is 0. The number of benzene rings is 1. The zero-order chi connectivity index (χ0) is 11.1. The van der Waals surface area contributed by atoms with Gasteiger partial charge in [0.15, 0.2) is 0 Å². The summed E-state index contributed by atoms with van der Waals surface area (Å²) in [5.41, 5.74) is -0.662. The molecule has 1 N–H and O–H groups in total. The standard InChI is InChI=1S/C11H8FNO2/c12-9-2-1-7(6-13)5-8(9)11(3-4-11)10(14)15/h1-2,5H,3-4H2,(H,14,15). The number of hydrogen-bond donors (Lipinski definition) is 1. The van der Waals surface area contributed by atoms with Crippen molar-refractivity contribution in [3.05, 3.63) is 35.1 Å². The first-order chi connectivity index (χ1) is 7.10. The molecule has 0 atom stereocenters. The maximum absolute atomic E-state index is 13.4. The van der Waals surface area contributed by atoms with E-state index >= 15 is 0 Å². The van der Waals surface area contributed by atoms with Gasteiger partial charge in [-0.15, -0.1) is 0 Å². The lowest BCUT2D eigenvalue weighted by atomic mass is 9.94. The first-order valence-electron chi connectivity index (χ1n) is 4.54. The predicted molar refractivity (Wildman–Crippen MR) is 49.7 cm³/mol. The summed E-state index contributed by atoms with van der Waals surface area (Å²) in [4.78, 5) is 11.0. The Morgan fingerprint density at radius 1 is 1.53 bits per heavy atom. The summed E-state index contributed by atoms with van der Waals surface area (Å²) in [5, 5.41) is 17.7. The van der Waals surface area contributed by atoms with Gasteiger partial charge < -0.3 is 5.11 Å². The van der Waals surface area contributed by atoms with Gasteiger partial charge in [0.05, 0.1) is 17.0 Å². The molecule has 1 saturated carbocycles. The van der Waals surface area contributed by atoms with Crippen LogP contribution >= 0.6 is 0 Å². The highest BCUT2D eigenvalue weighted by molar-refractivity contribution is 5.85. The lowest BCUT2D eigenvalue weighted by molar-refractivity contribution is -0.140. The summed E-state index contributed by atoms with van der Waals surface area (Å²) < 4.78 is 13.4. The van der Waals surface area contributed by atoms with Gasteiger partial charge in [0, 0.05) is 5.56 Å². The minimum atomic E-state index is -1.09. The first kappa shape index (κ1) is 9.66. The van der Waals surface area contributed by atoms with Crippen molar-refractivity contribution < 1.29 is 14.3 Å². The van der Waals surface area contributed by atoms with Crippen LogP contribution in [0.1, 0.15) is 24.0 Å². The van der Waals surface area contributed by atoms with Crippen LogP contribution in [0.3, 0.4) is 0 Å². The molecule has 3 nitrogen and oxygen atoms in total. The van der Waals surface area contributed by atoms with Crippen molar-refractivity contribution in [1.82, 2.24) is 0 Å². The second kappa shape index (κ2) is 3.06. The average molecular weight is 205 g/mol. The highest BCUT2D eigenvalue weighted by Gasteiger charge is 2.53. The summed E-state index contributed by atoms with van der Waals surface area (Å²) in [6, 6.07) is 5.70. The van der Waals surface area contributed by atoms with Gasteiger partial charge in [-0.1, -0.05) is 0 Å². The molecule has 0 saturated heterocycles. The second-order valence-electron chi connectivity index (χ2n) is 3.69. The van der Waals surface area contributed by atoms with Gasteiger partial charge in [0.25, 0.3) is 0 Å². The van der Waals surface area contributed by atoms with E-state index in [0.717, 1.165) is 6.07 Å². The third kappa shape index (κ3) is 1.37. The Hall–Kier alpha value is -1.89. The quantitative estimate of drug-likeness (QED) is 0.800. The molecular formula is C11H8FNO2. The van der Waals surface area contributed by atoms with Crippen LogP contribution in [0, 0.1) is 17.1 Å². The fourth-order valence-electron chi connectivity index (χ4n) is 1.68. The van der Waals surface area contributed by atoms with Crippen molar-refractivity contribution in [2.24, 2.45) is 0 Å². The van der Waals surface area contributed by atoms with Gasteiger partial charge in [0.2, 0.25) is 0 Å². The van der Waals surface area contributed by atoms with Gasteiger partial charge >= 0.3 is 5.97 Å². The van der Waals surface area contributed by atoms with Crippen LogP contribution < -0.4 is 0 Å². The number of nitrogens with zero attached hydrogens (tertiary/aromatic N) is 1. The van der Waals surface area contributed by atoms with Gasteiger partial charge in [-0.25, -0.2) is 4.39 Å². The molecule has 0 aromatic heterocycles. The molecule has 2 rings (SSSR count). The van der Waals surface area contributed by atoms with E-state index in [4.69, 9.17) is 10.4 Å². The first-order valence-corrected chi connectivity index (χ1v) is 4.54. The average Bonchev–Trinajstić information content (AvgIpc) is 2.99. The van der Waals surface area contributed by atoms with E-state index in [0.29, 0.717) is 18.4 Å². The Labute approximate surface area is 85.8 Å². The maximum Gasteiger partial charge on any atom is 0.314 e. The van der Waals surface area contributed by atoms with Crippen molar-refractivity contribution in [2.75, 3.05) is 0 Å². The number of carboxylic acids is 1. The molecule has 0 spiro atoms. The molecule has 0 amide bonds. The molecular weight excluding hydrogens is 197 g/mol. The molecule has 1 aromatic carbocycles. The predicted octanol–water partition coefficient (Wildman–Crippen LogP) is 1.81. The third-order valence-electron chi connectivity index (χ3n) is 2.77. The van der Waals surface area contributed by atoms with Gasteiger partial charge in [-0.2, -0.15) is 5.26 Å². The Kier molecular flexibility index (Phi) is 1.97. The molecule has 0 unspecified atom stereocenters. The molecule has 0 bridgehead atoms. The van der Waals surface area contributed by atoms with E-state index in [-0.39, 0.29) is 5.56 Å². The molecule has 15 heavy (non-hydrogen) atoms. The largest absolute Gasteiger partial charge is 0.481 e. The fraction of sp³-hybridized carbons (Fsp3) is 0.273. The summed E-state index contributed by atoms with van der Waals surface area (Å²) in [7, 11) is 0. The molecule has 76 valence electrons. The monoisotopic (exact) mass is 205 g/mol. The van der Waals surface area contributed by atoms with Crippen LogP contribution in [0.2, 0.25) is 0 Å². The molecule has 0 aliphatic heterocycles. The molecule has 4 heteroatoms. The highest BCUT2D eigenvalue weighted by atomic mass is 19.1. The zero-order valence-corrected chi connectivity index (χ0v) is 7.83. The summed E-state index contributed by atoms with van der Waals surface area (Å²) >= 11 is 0.